The minimum absolute atomic E-state index is 0.161. The lowest BCUT2D eigenvalue weighted by atomic mass is 9.92. The van der Waals surface area contributed by atoms with Crippen molar-refractivity contribution in [3.63, 3.8) is 0 Å². The van der Waals surface area contributed by atoms with Gasteiger partial charge in [-0.05, 0) is 44.9 Å². The van der Waals surface area contributed by atoms with Crippen LogP contribution in [0.2, 0.25) is 0 Å². The fourth-order valence-electron chi connectivity index (χ4n) is 2.43. The van der Waals surface area contributed by atoms with Crippen molar-refractivity contribution in [2.75, 3.05) is 7.05 Å². The molecule has 1 aliphatic carbocycles. The predicted molar refractivity (Wildman–Crippen MR) is 66.9 cm³/mol. The van der Waals surface area contributed by atoms with E-state index in [9.17, 15) is 4.39 Å². The van der Waals surface area contributed by atoms with Crippen molar-refractivity contribution in [1.82, 2.24) is 5.32 Å². The van der Waals surface area contributed by atoms with Gasteiger partial charge in [-0.3, -0.25) is 0 Å². The summed E-state index contributed by atoms with van der Waals surface area (Å²) in [5.74, 6) is 0.444. The van der Waals surface area contributed by atoms with Crippen molar-refractivity contribution in [1.29, 1.82) is 0 Å². The molecule has 1 aromatic rings. The first-order valence-electron chi connectivity index (χ1n) is 6.31. The van der Waals surface area contributed by atoms with Gasteiger partial charge in [0.05, 0.1) is 0 Å². The maximum Gasteiger partial charge on any atom is 0.126 e. The molecule has 3 heteroatoms. The Morgan fingerprint density at radius 1 is 1.29 bits per heavy atom. The minimum Gasteiger partial charge on any atom is -0.488 e. The van der Waals surface area contributed by atoms with E-state index in [4.69, 9.17) is 4.74 Å². The van der Waals surface area contributed by atoms with Crippen molar-refractivity contribution in [3.8, 4) is 5.75 Å². The Morgan fingerprint density at radius 2 is 2.06 bits per heavy atom. The molecule has 0 aromatic heterocycles. The van der Waals surface area contributed by atoms with E-state index < -0.39 is 0 Å². The summed E-state index contributed by atoms with van der Waals surface area (Å²) in [4.78, 5) is 0. The number of aryl methyl sites for hydroxylation is 1. The second-order valence-electron chi connectivity index (χ2n) is 4.75. The summed E-state index contributed by atoms with van der Waals surface area (Å²) in [6.45, 7) is 1.95. The molecule has 2 unspecified atom stereocenters. The van der Waals surface area contributed by atoms with Crippen LogP contribution in [0, 0.1) is 12.7 Å². The van der Waals surface area contributed by atoms with E-state index in [1.165, 1.54) is 25.0 Å². The van der Waals surface area contributed by atoms with E-state index >= 15 is 0 Å². The predicted octanol–water partition coefficient (Wildman–Crippen LogP) is 3.04. The number of hydrogen-bond donors (Lipinski definition) is 1. The Hall–Kier alpha value is -1.09. The zero-order chi connectivity index (χ0) is 12.3. The number of halogens is 1. The van der Waals surface area contributed by atoms with Crippen LogP contribution in [0.1, 0.15) is 31.2 Å². The van der Waals surface area contributed by atoms with Gasteiger partial charge in [0.2, 0.25) is 0 Å². The molecule has 2 rings (SSSR count). The number of likely N-dealkylation sites (N-methyl/N-ethyl adjacent to an activating group) is 1. The third-order valence-corrected chi connectivity index (χ3v) is 3.50. The standard InChI is InChI=1S/C14H20FNO/c1-10-7-8-11(15)9-14(10)17-13-6-4-3-5-12(13)16-2/h7-9,12-13,16H,3-6H2,1-2H3. The van der Waals surface area contributed by atoms with Gasteiger partial charge < -0.3 is 10.1 Å². The molecule has 2 nitrogen and oxygen atoms in total. The highest BCUT2D eigenvalue weighted by atomic mass is 19.1. The highest BCUT2D eigenvalue weighted by molar-refractivity contribution is 5.33. The monoisotopic (exact) mass is 237 g/mol. The van der Waals surface area contributed by atoms with E-state index in [1.54, 1.807) is 6.07 Å². The van der Waals surface area contributed by atoms with Crippen LogP contribution in [0.15, 0.2) is 18.2 Å². The van der Waals surface area contributed by atoms with E-state index in [2.05, 4.69) is 5.32 Å². The summed E-state index contributed by atoms with van der Waals surface area (Å²) in [5, 5.41) is 3.29. The normalized spacial score (nSPS) is 24.6. The van der Waals surface area contributed by atoms with Gasteiger partial charge in [0.25, 0.3) is 0 Å². The quantitative estimate of drug-likeness (QED) is 0.872. The SMILES string of the molecule is CNC1CCCCC1Oc1cc(F)ccc1C. The van der Waals surface area contributed by atoms with Crippen LogP contribution < -0.4 is 10.1 Å². The Bertz CT molecular complexity index is 380. The largest absolute Gasteiger partial charge is 0.488 e. The van der Waals surface area contributed by atoms with Crippen LogP contribution in [-0.2, 0) is 0 Å². The Morgan fingerprint density at radius 3 is 2.82 bits per heavy atom. The maximum absolute atomic E-state index is 13.2. The van der Waals surface area contributed by atoms with Gasteiger partial charge in [0, 0.05) is 12.1 Å². The number of rotatable bonds is 3. The molecule has 1 saturated carbocycles. The summed E-state index contributed by atoms with van der Waals surface area (Å²) in [6, 6.07) is 5.10. The van der Waals surface area contributed by atoms with Crippen molar-refractivity contribution in [2.45, 2.75) is 44.8 Å². The molecule has 1 fully saturated rings. The topological polar surface area (TPSA) is 21.3 Å². The summed E-state index contributed by atoms with van der Waals surface area (Å²) < 4.78 is 19.2. The Labute approximate surface area is 102 Å². The third-order valence-electron chi connectivity index (χ3n) is 3.50. The lowest BCUT2D eigenvalue weighted by Crippen LogP contribution is -2.43. The van der Waals surface area contributed by atoms with Gasteiger partial charge in [-0.25, -0.2) is 4.39 Å². The average molecular weight is 237 g/mol. The molecule has 17 heavy (non-hydrogen) atoms. The molecule has 0 aliphatic heterocycles. The lowest BCUT2D eigenvalue weighted by Gasteiger charge is -2.32. The number of ether oxygens (including phenoxy) is 1. The first kappa shape index (κ1) is 12.4. The molecule has 0 saturated heterocycles. The van der Waals surface area contributed by atoms with Crippen LogP contribution in [0.25, 0.3) is 0 Å². The Balaban J connectivity index is 2.10. The van der Waals surface area contributed by atoms with Crippen LogP contribution >= 0.6 is 0 Å². The van der Waals surface area contributed by atoms with Gasteiger partial charge in [-0.15, -0.1) is 0 Å². The maximum atomic E-state index is 13.2. The van der Waals surface area contributed by atoms with E-state index in [-0.39, 0.29) is 11.9 Å². The van der Waals surface area contributed by atoms with Crippen LogP contribution in [0.5, 0.6) is 5.75 Å². The molecule has 0 radical (unpaired) electrons. The second kappa shape index (κ2) is 5.50. The Kier molecular flexibility index (Phi) is 4.00. The van der Waals surface area contributed by atoms with Crippen molar-refractivity contribution in [2.24, 2.45) is 0 Å². The fourth-order valence-corrected chi connectivity index (χ4v) is 2.43. The van der Waals surface area contributed by atoms with Crippen molar-refractivity contribution < 1.29 is 9.13 Å². The zero-order valence-electron chi connectivity index (χ0n) is 10.5. The van der Waals surface area contributed by atoms with Crippen LogP contribution in [-0.4, -0.2) is 19.2 Å². The molecule has 1 N–H and O–H groups in total. The molecular weight excluding hydrogens is 217 g/mol. The van der Waals surface area contributed by atoms with Crippen molar-refractivity contribution >= 4 is 0 Å². The first-order chi connectivity index (χ1) is 8.20. The van der Waals surface area contributed by atoms with Crippen LogP contribution in [0.4, 0.5) is 4.39 Å². The van der Waals surface area contributed by atoms with Gasteiger partial charge in [-0.1, -0.05) is 12.5 Å². The molecular formula is C14H20FNO. The van der Waals surface area contributed by atoms with Gasteiger partial charge >= 0.3 is 0 Å². The third kappa shape index (κ3) is 2.97. The molecule has 0 amide bonds. The first-order valence-corrected chi connectivity index (χ1v) is 6.31. The van der Waals surface area contributed by atoms with E-state index in [1.807, 2.05) is 14.0 Å². The highest BCUT2D eigenvalue weighted by Gasteiger charge is 2.25. The number of benzene rings is 1. The highest BCUT2D eigenvalue weighted by Crippen LogP contribution is 2.26. The minimum atomic E-state index is -0.234. The molecule has 2 atom stereocenters. The number of nitrogens with one attached hydrogen (secondary N) is 1. The molecule has 0 heterocycles. The van der Waals surface area contributed by atoms with Gasteiger partial charge in [0.15, 0.2) is 0 Å². The average Bonchev–Trinajstić information content (AvgIpc) is 2.34. The van der Waals surface area contributed by atoms with E-state index in [0.717, 1.165) is 18.4 Å². The second-order valence-corrected chi connectivity index (χ2v) is 4.75. The van der Waals surface area contributed by atoms with Gasteiger partial charge in [0.1, 0.15) is 17.7 Å². The van der Waals surface area contributed by atoms with Crippen molar-refractivity contribution in [3.05, 3.63) is 29.6 Å². The molecule has 0 spiro atoms. The lowest BCUT2D eigenvalue weighted by molar-refractivity contribution is 0.117. The summed E-state index contributed by atoms with van der Waals surface area (Å²) >= 11 is 0. The van der Waals surface area contributed by atoms with Gasteiger partial charge in [-0.2, -0.15) is 0 Å². The fraction of sp³-hybridized carbons (Fsp3) is 0.571. The molecule has 94 valence electrons. The summed E-state index contributed by atoms with van der Waals surface area (Å²) in [7, 11) is 1.96. The molecule has 1 aromatic carbocycles. The number of hydrogen-bond acceptors (Lipinski definition) is 2. The molecule has 1 aliphatic rings. The summed E-state index contributed by atoms with van der Waals surface area (Å²) in [6.07, 6.45) is 4.77. The van der Waals surface area contributed by atoms with E-state index in [0.29, 0.717) is 11.8 Å². The smallest absolute Gasteiger partial charge is 0.126 e. The zero-order valence-corrected chi connectivity index (χ0v) is 10.5. The van der Waals surface area contributed by atoms with Crippen LogP contribution in [0.3, 0.4) is 0 Å². The summed E-state index contributed by atoms with van der Waals surface area (Å²) in [5.41, 5.74) is 0.992. The molecule has 0 bridgehead atoms.